The van der Waals surface area contributed by atoms with Crippen LogP contribution in [0.1, 0.15) is 10.4 Å². The highest BCUT2D eigenvalue weighted by atomic mass is 79.9. The second-order valence-corrected chi connectivity index (χ2v) is 5.37. The van der Waals surface area contributed by atoms with Crippen LogP contribution in [0.2, 0.25) is 0 Å². The van der Waals surface area contributed by atoms with Crippen molar-refractivity contribution in [2.75, 3.05) is 0 Å². The first-order chi connectivity index (χ1) is 8.58. The Bertz CT molecular complexity index is 635. The van der Waals surface area contributed by atoms with Crippen molar-refractivity contribution in [2.24, 2.45) is 0 Å². The molecule has 0 radical (unpaired) electrons. The van der Waals surface area contributed by atoms with E-state index in [0.29, 0.717) is 10.0 Å². The van der Waals surface area contributed by atoms with Crippen LogP contribution in [-0.4, -0.2) is 15.3 Å². The molecule has 0 spiro atoms. The van der Waals surface area contributed by atoms with Gasteiger partial charge in [0.1, 0.15) is 4.47 Å². The first kappa shape index (κ1) is 13.2. The number of ketones is 1. The van der Waals surface area contributed by atoms with Gasteiger partial charge in [0.15, 0.2) is 5.78 Å². The second kappa shape index (κ2) is 5.58. The summed E-state index contributed by atoms with van der Waals surface area (Å²) in [5.74, 6) is -0.135. The number of halogens is 2. The van der Waals surface area contributed by atoms with Crippen LogP contribution in [0.15, 0.2) is 50.5 Å². The van der Waals surface area contributed by atoms with Gasteiger partial charge in [-0.1, -0.05) is 28.1 Å². The molecule has 1 heterocycles. The standard InChI is InChI=1S/C12H8Br2N2O2/c13-9-3-1-8(2-4-9)11(17)6-16-7-15-5-10(14)12(16)18/h1-5,7H,6H2. The number of carbonyl (C=O) groups excluding carboxylic acids is 1. The Hall–Kier alpha value is -1.27. The Labute approximate surface area is 120 Å². The third kappa shape index (κ3) is 2.94. The van der Waals surface area contributed by atoms with Crippen LogP contribution in [0, 0.1) is 0 Å². The largest absolute Gasteiger partial charge is 0.292 e. The zero-order valence-corrected chi connectivity index (χ0v) is 12.3. The third-order valence-corrected chi connectivity index (χ3v) is 3.41. The predicted molar refractivity (Wildman–Crippen MR) is 74.7 cm³/mol. The highest BCUT2D eigenvalue weighted by Crippen LogP contribution is 2.11. The molecule has 0 N–H and O–H groups in total. The van der Waals surface area contributed by atoms with Crippen LogP contribution < -0.4 is 5.56 Å². The number of Topliss-reactive ketones (excluding diaryl/α,β-unsaturated/α-hetero) is 1. The smallest absolute Gasteiger partial charge is 0.268 e. The number of carbonyl (C=O) groups is 1. The van der Waals surface area contributed by atoms with Gasteiger partial charge in [0, 0.05) is 16.2 Å². The SMILES string of the molecule is O=C(Cn1cncc(Br)c1=O)c1ccc(Br)cc1. The van der Waals surface area contributed by atoms with Gasteiger partial charge in [-0.05, 0) is 28.1 Å². The van der Waals surface area contributed by atoms with E-state index in [0.717, 1.165) is 4.47 Å². The highest BCUT2D eigenvalue weighted by molar-refractivity contribution is 9.10. The lowest BCUT2D eigenvalue weighted by molar-refractivity contribution is 0.0970. The van der Waals surface area contributed by atoms with Gasteiger partial charge in [0.25, 0.3) is 5.56 Å². The van der Waals surface area contributed by atoms with E-state index in [1.807, 2.05) is 0 Å². The summed E-state index contributed by atoms with van der Waals surface area (Å²) in [6.07, 6.45) is 2.76. The van der Waals surface area contributed by atoms with Gasteiger partial charge >= 0.3 is 0 Å². The molecule has 18 heavy (non-hydrogen) atoms. The van der Waals surface area contributed by atoms with Crippen LogP contribution in [0.4, 0.5) is 0 Å². The summed E-state index contributed by atoms with van der Waals surface area (Å²) in [7, 11) is 0. The monoisotopic (exact) mass is 370 g/mol. The summed E-state index contributed by atoms with van der Waals surface area (Å²) in [5.41, 5.74) is 0.292. The molecule has 1 aromatic heterocycles. The Morgan fingerprint density at radius 3 is 2.56 bits per heavy atom. The summed E-state index contributed by atoms with van der Waals surface area (Å²) in [6.45, 7) is -0.0209. The lowest BCUT2D eigenvalue weighted by Crippen LogP contribution is -2.24. The van der Waals surface area contributed by atoms with E-state index < -0.39 is 0 Å². The molecule has 2 aromatic rings. The molecule has 0 aliphatic heterocycles. The Morgan fingerprint density at radius 1 is 1.22 bits per heavy atom. The molecule has 0 aliphatic rings. The van der Waals surface area contributed by atoms with Crippen LogP contribution in [0.25, 0.3) is 0 Å². The molecule has 92 valence electrons. The minimum Gasteiger partial charge on any atom is -0.292 e. The molecule has 1 aromatic carbocycles. The summed E-state index contributed by atoms with van der Waals surface area (Å²) in [4.78, 5) is 27.5. The second-order valence-electron chi connectivity index (χ2n) is 3.60. The average molecular weight is 372 g/mol. The molecule has 0 bridgehead atoms. The van der Waals surface area contributed by atoms with Crippen molar-refractivity contribution in [3.05, 3.63) is 61.7 Å². The number of benzene rings is 1. The molecule has 0 fully saturated rings. The van der Waals surface area contributed by atoms with Crippen molar-refractivity contribution in [2.45, 2.75) is 6.54 Å². The maximum atomic E-state index is 12.0. The summed E-state index contributed by atoms with van der Waals surface area (Å²) < 4.78 is 2.52. The lowest BCUT2D eigenvalue weighted by atomic mass is 10.1. The van der Waals surface area contributed by atoms with Crippen molar-refractivity contribution in [3.63, 3.8) is 0 Å². The molecule has 0 unspecified atom stereocenters. The fourth-order valence-electron chi connectivity index (χ4n) is 1.42. The minimum absolute atomic E-state index is 0.0209. The molecule has 2 rings (SSSR count). The fraction of sp³-hybridized carbons (Fsp3) is 0.0833. The van der Waals surface area contributed by atoms with Crippen LogP contribution in [-0.2, 0) is 6.54 Å². The zero-order chi connectivity index (χ0) is 13.1. The minimum atomic E-state index is -0.268. The number of hydrogen-bond donors (Lipinski definition) is 0. The van der Waals surface area contributed by atoms with Crippen LogP contribution >= 0.6 is 31.9 Å². The van der Waals surface area contributed by atoms with Gasteiger partial charge in [-0.2, -0.15) is 0 Å². The van der Waals surface area contributed by atoms with Gasteiger partial charge in [0.2, 0.25) is 0 Å². The maximum absolute atomic E-state index is 12.0. The number of aromatic nitrogens is 2. The molecule has 0 atom stereocenters. The molecule has 0 saturated carbocycles. The first-order valence-electron chi connectivity index (χ1n) is 5.06. The zero-order valence-electron chi connectivity index (χ0n) is 9.14. The van der Waals surface area contributed by atoms with Gasteiger partial charge in [0.05, 0.1) is 12.9 Å². The number of nitrogens with zero attached hydrogens (tertiary/aromatic N) is 2. The number of hydrogen-bond acceptors (Lipinski definition) is 3. The Kier molecular flexibility index (Phi) is 4.08. The van der Waals surface area contributed by atoms with Crippen molar-refractivity contribution in [3.8, 4) is 0 Å². The Balaban J connectivity index is 2.24. The molecular weight excluding hydrogens is 364 g/mol. The summed E-state index contributed by atoms with van der Waals surface area (Å²) >= 11 is 6.39. The van der Waals surface area contributed by atoms with E-state index in [-0.39, 0.29) is 17.9 Å². The summed E-state index contributed by atoms with van der Waals surface area (Å²) in [5, 5.41) is 0. The van der Waals surface area contributed by atoms with E-state index in [1.165, 1.54) is 17.1 Å². The first-order valence-corrected chi connectivity index (χ1v) is 6.65. The molecule has 6 heteroatoms. The van der Waals surface area contributed by atoms with Crippen molar-refractivity contribution in [1.29, 1.82) is 0 Å². The van der Waals surface area contributed by atoms with Gasteiger partial charge in [-0.3, -0.25) is 14.2 Å². The predicted octanol–water partition coefficient (Wildman–Crippen LogP) is 2.65. The van der Waals surface area contributed by atoms with Gasteiger partial charge in [-0.15, -0.1) is 0 Å². The topological polar surface area (TPSA) is 52.0 Å². The number of rotatable bonds is 3. The van der Waals surface area contributed by atoms with Crippen LogP contribution in [0.5, 0.6) is 0 Å². The Morgan fingerprint density at radius 2 is 1.89 bits per heavy atom. The molecule has 0 aliphatic carbocycles. The van der Waals surface area contributed by atoms with Crippen LogP contribution in [0.3, 0.4) is 0 Å². The molecular formula is C12H8Br2N2O2. The third-order valence-electron chi connectivity index (χ3n) is 2.34. The van der Waals surface area contributed by atoms with Crippen molar-refractivity contribution < 1.29 is 4.79 Å². The highest BCUT2D eigenvalue weighted by Gasteiger charge is 2.09. The quantitative estimate of drug-likeness (QED) is 0.779. The van der Waals surface area contributed by atoms with E-state index in [2.05, 4.69) is 36.8 Å². The molecule has 0 saturated heterocycles. The van der Waals surface area contributed by atoms with Gasteiger partial charge in [-0.25, -0.2) is 4.98 Å². The van der Waals surface area contributed by atoms with Crippen molar-refractivity contribution >= 4 is 37.6 Å². The maximum Gasteiger partial charge on any atom is 0.268 e. The summed E-state index contributed by atoms with van der Waals surface area (Å²) in [6, 6.07) is 7.00. The van der Waals surface area contributed by atoms with E-state index in [4.69, 9.17) is 0 Å². The van der Waals surface area contributed by atoms with Crippen molar-refractivity contribution in [1.82, 2.24) is 9.55 Å². The van der Waals surface area contributed by atoms with E-state index in [9.17, 15) is 9.59 Å². The normalized spacial score (nSPS) is 10.3. The molecule has 0 amide bonds. The van der Waals surface area contributed by atoms with Gasteiger partial charge < -0.3 is 0 Å². The van der Waals surface area contributed by atoms with E-state index in [1.54, 1.807) is 24.3 Å². The molecule has 4 nitrogen and oxygen atoms in total. The average Bonchev–Trinajstić information content (AvgIpc) is 2.36. The fourth-order valence-corrected chi connectivity index (χ4v) is 2.03. The lowest BCUT2D eigenvalue weighted by Gasteiger charge is -2.04. The van der Waals surface area contributed by atoms with E-state index >= 15 is 0 Å².